The van der Waals surface area contributed by atoms with Crippen molar-refractivity contribution in [2.75, 3.05) is 39.8 Å². The second-order valence-corrected chi connectivity index (χ2v) is 5.95. The van der Waals surface area contributed by atoms with Crippen molar-refractivity contribution in [2.45, 2.75) is 13.5 Å². The van der Waals surface area contributed by atoms with Crippen LogP contribution in [0.4, 0.5) is 5.69 Å². The number of rotatable bonds is 7. The van der Waals surface area contributed by atoms with Gasteiger partial charge in [-0.15, -0.1) is 0 Å². The van der Waals surface area contributed by atoms with Crippen LogP contribution in [-0.2, 0) is 6.54 Å². The summed E-state index contributed by atoms with van der Waals surface area (Å²) in [4.78, 5) is 16.7. The summed E-state index contributed by atoms with van der Waals surface area (Å²) in [7, 11) is 7.16. The molecule has 0 aliphatic rings. The Hall–Kier alpha value is -2.69. The standard InChI is InChI=1S/C20H26N2O3/c1-6-22(14-15-7-10-17(11-8-15)21(2)3)20(23)16-9-12-18(24-4)19(13-16)25-5/h7-13H,6,14H2,1-5H3. The monoisotopic (exact) mass is 342 g/mol. The van der Waals surface area contributed by atoms with Gasteiger partial charge in [-0.05, 0) is 42.8 Å². The van der Waals surface area contributed by atoms with Gasteiger partial charge in [0.15, 0.2) is 11.5 Å². The number of benzene rings is 2. The van der Waals surface area contributed by atoms with Crippen molar-refractivity contribution in [1.29, 1.82) is 0 Å². The SMILES string of the molecule is CCN(Cc1ccc(N(C)C)cc1)C(=O)c1ccc(OC)c(OC)c1. The molecule has 0 unspecified atom stereocenters. The largest absolute Gasteiger partial charge is 0.493 e. The molecule has 0 bridgehead atoms. The molecule has 0 heterocycles. The van der Waals surface area contributed by atoms with E-state index in [1.807, 2.05) is 25.9 Å². The second kappa shape index (κ2) is 8.42. The minimum atomic E-state index is -0.0276. The molecular weight excluding hydrogens is 316 g/mol. The molecule has 0 saturated carbocycles. The normalized spacial score (nSPS) is 10.3. The van der Waals surface area contributed by atoms with Crippen LogP contribution < -0.4 is 14.4 Å². The van der Waals surface area contributed by atoms with E-state index < -0.39 is 0 Å². The number of anilines is 1. The molecule has 5 nitrogen and oxygen atoms in total. The van der Waals surface area contributed by atoms with E-state index in [9.17, 15) is 4.79 Å². The first-order valence-corrected chi connectivity index (χ1v) is 8.27. The number of carbonyl (C=O) groups excluding carboxylic acids is 1. The van der Waals surface area contributed by atoms with E-state index in [2.05, 4.69) is 29.2 Å². The molecule has 0 aliphatic carbocycles. The molecule has 0 aromatic heterocycles. The fraction of sp³-hybridized carbons (Fsp3) is 0.350. The quantitative estimate of drug-likeness (QED) is 0.773. The topological polar surface area (TPSA) is 42.0 Å². The molecule has 0 atom stereocenters. The van der Waals surface area contributed by atoms with E-state index in [0.717, 1.165) is 11.3 Å². The molecule has 1 amide bonds. The van der Waals surface area contributed by atoms with E-state index in [0.29, 0.717) is 30.2 Å². The van der Waals surface area contributed by atoms with Gasteiger partial charge in [0.1, 0.15) is 0 Å². The first-order chi connectivity index (χ1) is 12.0. The molecule has 0 N–H and O–H groups in total. The first-order valence-electron chi connectivity index (χ1n) is 8.27. The zero-order valence-electron chi connectivity index (χ0n) is 15.6. The average Bonchev–Trinajstić information content (AvgIpc) is 2.65. The van der Waals surface area contributed by atoms with Crippen LogP contribution in [0, 0.1) is 0 Å². The van der Waals surface area contributed by atoms with Crippen LogP contribution in [0.5, 0.6) is 11.5 Å². The molecule has 5 heteroatoms. The van der Waals surface area contributed by atoms with Gasteiger partial charge in [0.2, 0.25) is 0 Å². The summed E-state index contributed by atoms with van der Waals surface area (Å²) in [5.41, 5.74) is 2.82. The van der Waals surface area contributed by atoms with Gasteiger partial charge in [0.25, 0.3) is 5.91 Å². The highest BCUT2D eigenvalue weighted by atomic mass is 16.5. The maximum atomic E-state index is 12.8. The van der Waals surface area contributed by atoms with Gasteiger partial charge in [-0.25, -0.2) is 0 Å². The molecule has 134 valence electrons. The lowest BCUT2D eigenvalue weighted by atomic mass is 10.1. The summed E-state index contributed by atoms with van der Waals surface area (Å²) in [6.45, 7) is 3.17. The lowest BCUT2D eigenvalue weighted by Gasteiger charge is -2.22. The Bertz CT molecular complexity index is 711. The number of hydrogen-bond acceptors (Lipinski definition) is 4. The molecule has 2 aromatic carbocycles. The number of amides is 1. The van der Waals surface area contributed by atoms with Crippen LogP contribution in [0.1, 0.15) is 22.8 Å². The summed E-state index contributed by atoms with van der Waals surface area (Å²) >= 11 is 0. The van der Waals surface area contributed by atoms with E-state index in [1.165, 1.54) is 0 Å². The maximum absolute atomic E-state index is 12.8. The maximum Gasteiger partial charge on any atom is 0.254 e. The molecule has 25 heavy (non-hydrogen) atoms. The zero-order chi connectivity index (χ0) is 18.4. The summed E-state index contributed by atoms with van der Waals surface area (Å²) in [6, 6.07) is 13.5. The molecule has 0 aliphatic heterocycles. The molecular formula is C20H26N2O3. The van der Waals surface area contributed by atoms with Gasteiger partial charge in [-0.1, -0.05) is 12.1 Å². The Morgan fingerprint density at radius 2 is 1.60 bits per heavy atom. The average molecular weight is 342 g/mol. The summed E-state index contributed by atoms with van der Waals surface area (Å²) in [5, 5.41) is 0. The van der Waals surface area contributed by atoms with Gasteiger partial charge < -0.3 is 19.3 Å². The highest BCUT2D eigenvalue weighted by molar-refractivity contribution is 5.94. The Balaban J connectivity index is 2.18. The van der Waals surface area contributed by atoms with Gasteiger partial charge in [-0.2, -0.15) is 0 Å². The van der Waals surface area contributed by atoms with Crippen LogP contribution in [-0.4, -0.2) is 45.7 Å². The second-order valence-electron chi connectivity index (χ2n) is 5.95. The van der Waals surface area contributed by atoms with E-state index >= 15 is 0 Å². The van der Waals surface area contributed by atoms with E-state index in [1.54, 1.807) is 32.4 Å². The number of carbonyl (C=O) groups is 1. The Morgan fingerprint density at radius 3 is 2.12 bits per heavy atom. The minimum absolute atomic E-state index is 0.0276. The summed E-state index contributed by atoms with van der Waals surface area (Å²) < 4.78 is 10.5. The van der Waals surface area contributed by atoms with Gasteiger partial charge in [-0.3, -0.25) is 4.79 Å². The first kappa shape index (κ1) is 18.6. The van der Waals surface area contributed by atoms with Crippen LogP contribution in [0.3, 0.4) is 0 Å². The van der Waals surface area contributed by atoms with Crippen molar-refractivity contribution in [3.63, 3.8) is 0 Å². The van der Waals surface area contributed by atoms with Crippen LogP contribution in [0.25, 0.3) is 0 Å². The fourth-order valence-electron chi connectivity index (χ4n) is 2.60. The number of ether oxygens (including phenoxy) is 2. The molecule has 0 saturated heterocycles. The number of methoxy groups -OCH3 is 2. The van der Waals surface area contributed by atoms with Crippen LogP contribution >= 0.6 is 0 Å². The minimum Gasteiger partial charge on any atom is -0.493 e. The third kappa shape index (κ3) is 4.44. The highest BCUT2D eigenvalue weighted by Gasteiger charge is 2.17. The van der Waals surface area contributed by atoms with Crippen LogP contribution in [0.2, 0.25) is 0 Å². The van der Waals surface area contributed by atoms with Crippen molar-refractivity contribution in [3.8, 4) is 11.5 Å². The lowest BCUT2D eigenvalue weighted by molar-refractivity contribution is 0.0752. The third-order valence-corrected chi connectivity index (χ3v) is 4.13. The Labute approximate surface area is 149 Å². The van der Waals surface area contributed by atoms with Crippen molar-refractivity contribution in [1.82, 2.24) is 4.90 Å². The molecule has 0 spiro atoms. The predicted octanol–water partition coefficient (Wildman–Crippen LogP) is 3.43. The van der Waals surface area contributed by atoms with Crippen molar-refractivity contribution in [3.05, 3.63) is 53.6 Å². The number of nitrogens with zero attached hydrogens (tertiary/aromatic N) is 2. The molecule has 0 radical (unpaired) electrons. The number of hydrogen-bond donors (Lipinski definition) is 0. The third-order valence-electron chi connectivity index (χ3n) is 4.13. The van der Waals surface area contributed by atoms with Gasteiger partial charge in [0.05, 0.1) is 14.2 Å². The van der Waals surface area contributed by atoms with Crippen LogP contribution in [0.15, 0.2) is 42.5 Å². The van der Waals surface area contributed by atoms with Gasteiger partial charge >= 0.3 is 0 Å². The smallest absolute Gasteiger partial charge is 0.254 e. The highest BCUT2D eigenvalue weighted by Crippen LogP contribution is 2.28. The molecule has 2 aromatic rings. The van der Waals surface area contributed by atoms with Gasteiger partial charge in [0, 0.05) is 38.4 Å². The lowest BCUT2D eigenvalue weighted by Crippen LogP contribution is -2.30. The predicted molar refractivity (Wildman–Crippen MR) is 101 cm³/mol. The zero-order valence-corrected chi connectivity index (χ0v) is 15.6. The Kier molecular flexibility index (Phi) is 6.28. The van der Waals surface area contributed by atoms with E-state index in [4.69, 9.17) is 9.47 Å². The molecule has 0 fully saturated rings. The fourth-order valence-corrected chi connectivity index (χ4v) is 2.60. The van der Waals surface area contributed by atoms with Crippen molar-refractivity contribution >= 4 is 11.6 Å². The van der Waals surface area contributed by atoms with E-state index in [-0.39, 0.29) is 5.91 Å². The van der Waals surface area contributed by atoms with Crippen molar-refractivity contribution in [2.24, 2.45) is 0 Å². The molecule has 2 rings (SSSR count). The Morgan fingerprint density at radius 1 is 0.960 bits per heavy atom. The van der Waals surface area contributed by atoms with Crippen molar-refractivity contribution < 1.29 is 14.3 Å². The summed E-state index contributed by atoms with van der Waals surface area (Å²) in [5.74, 6) is 1.14. The summed E-state index contributed by atoms with van der Waals surface area (Å²) in [6.07, 6.45) is 0.